The zero-order valence-corrected chi connectivity index (χ0v) is 15.6. The highest BCUT2D eigenvalue weighted by molar-refractivity contribution is 7.89. The third-order valence-electron chi connectivity index (χ3n) is 3.81. The van der Waals surface area contributed by atoms with Crippen molar-refractivity contribution in [3.63, 3.8) is 0 Å². The first kappa shape index (κ1) is 18.7. The smallest absolute Gasteiger partial charge is 0.316 e. The molecule has 0 spiro atoms. The molecule has 8 nitrogen and oxygen atoms in total. The van der Waals surface area contributed by atoms with Crippen LogP contribution in [0.2, 0.25) is 0 Å². The van der Waals surface area contributed by atoms with Crippen molar-refractivity contribution in [1.29, 1.82) is 0 Å². The van der Waals surface area contributed by atoms with Gasteiger partial charge in [0.2, 0.25) is 15.8 Å². The van der Waals surface area contributed by atoms with Crippen LogP contribution in [0.4, 0.5) is 0 Å². The maximum Gasteiger partial charge on any atom is 0.316 e. The second kappa shape index (κ2) is 7.68. The van der Waals surface area contributed by atoms with Crippen LogP contribution in [0.15, 0.2) is 64.0 Å². The van der Waals surface area contributed by atoms with Crippen LogP contribution in [0.3, 0.4) is 0 Å². The molecule has 1 aromatic heterocycles. The van der Waals surface area contributed by atoms with E-state index in [0.717, 1.165) is 9.87 Å². The van der Waals surface area contributed by atoms with E-state index in [4.69, 9.17) is 4.52 Å². The van der Waals surface area contributed by atoms with Crippen molar-refractivity contribution in [2.45, 2.75) is 11.4 Å². The Balaban J connectivity index is 1.71. The van der Waals surface area contributed by atoms with Gasteiger partial charge >= 0.3 is 11.8 Å². The molecule has 1 heterocycles. The predicted octanol–water partition coefficient (Wildman–Crippen LogP) is 1.92. The number of sulfonamides is 1. The Bertz CT molecular complexity index is 1030. The van der Waals surface area contributed by atoms with E-state index >= 15 is 0 Å². The minimum atomic E-state index is -3.51. The fraction of sp³-hybridized carbons (Fsp3) is 0.167. The van der Waals surface area contributed by atoms with Crippen LogP contribution < -0.4 is 5.32 Å². The highest BCUT2D eigenvalue weighted by Crippen LogP contribution is 2.20. The third-order valence-corrected chi connectivity index (χ3v) is 5.64. The highest BCUT2D eigenvalue weighted by Gasteiger charge is 2.19. The molecule has 27 heavy (non-hydrogen) atoms. The SMILES string of the molecule is CN(C)S(=O)(=O)c1ccc(-c2noc(C(=O)NCc3ccccc3)n2)cc1. The van der Waals surface area contributed by atoms with Gasteiger partial charge in [0.15, 0.2) is 0 Å². The molecule has 0 fully saturated rings. The van der Waals surface area contributed by atoms with Gasteiger partial charge in [0.05, 0.1) is 4.90 Å². The Labute approximate surface area is 156 Å². The summed E-state index contributed by atoms with van der Waals surface area (Å²) >= 11 is 0. The van der Waals surface area contributed by atoms with Crippen molar-refractivity contribution in [2.24, 2.45) is 0 Å². The van der Waals surface area contributed by atoms with Crippen molar-refractivity contribution >= 4 is 15.9 Å². The van der Waals surface area contributed by atoms with E-state index in [0.29, 0.717) is 12.1 Å². The maximum atomic E-state index is 12.1. The van der Waals surface area contributed by atoms with Crippen molar-refractivity contribution in [3.8, 4) is 11.4 Å². The van der Waals surface area contributed by atoms with E-state index in [1.807, 2.05) is 30.3 Å². The third kappa shape index (κ3) is 4.21. The Morgan fingerprint density at radius 1 is 1.07 bits per heavy atom. The molecule has 3 aromatic rings. The number of carbonyl (C=O) groups excluding carboxylic acids is 1. The van der Waals surface area contributed by atoms with Gasteiger partial charge in [0.1, 0.15) is 0 Å². The summed E-state index contributed by atoms with van der Waals surface area (Å²) in [6.07, 6.45) is 0. The molecule has 0 bridgehead atoms. The zero-order valence-electron chi connectivity index (χ0n) is 14.8. The number of nitrogens with zero attached hydrogens (tertiary/aromatic N) is 3. The van der Waals surface area contributed by atoms with Crippen LogP contribution in [0, 0.1) is 0 Å². The molecule has 0 saturated heterocycles. The molecule has 1 N–H and O–H groups in total. The summed E-state index contributed by atoms with van der Waals surface area (Å²) in [6.45, 7) is 0.342. The number of amides is 1. The maximum absolute atomic E-state index is 12.1. The van der Waals surface area contributed by atoms with Crippen LogP contribution in [0.5, 0.6) is 0 Å². The fourth-order valence-corrected chi connectivity index (χ4v) is 3.18. The topological polar surface area (TPSA) is 105 Å². The van der Waals surface area contributed by atoms with Crippen molar-refractivity contribution in [1.82, 2.24) is 19.8 Å². The van der Waals surface area contributed by atoms with E-state index in [2.05, 4.69) is 15.5 Å². The number of nitrogens with one attached hydrogen (secondary N) is 1. The van der Waals surface area contributed by atoms with Crippen LogP contribution in [-0.2, 0) is 16.6 Å². The molecule has 0 unspecified atom stereocenters. The Hall–Kier alpha value is -3.04. The van der Waals surface area contributed by atoms with Crippen LogP contribution in [0.1, 0.15) is 16.2 Å². The first-order valence-electron chi connectivity index (χ1n) is 8.07. The number of hydrogen-bond donors (Lipinski definition) is 1. The second-order valence-corrected chi connectivity index (χ2v) is 8.06. The molecule has 0 aliphatic heterocycles. The molecule has 0 atom stereocenters. The van der Waals surface area contributed by atoms with Gasteiger partial charge in [-0.25, -0.2) is 12.7 Å². The molecule has 0 aliphatic rings. The van der Waals surface area contributed by atoms with Crippen molar-refractivity contribution in [3.05, 3.63) is 66.1 Å². The lowest BCUT2D eigenvalue weighted by atomic mass is 10.2. The quantitative estimate of drug-likeness (QED) is 0.694. The van der Waals surface area contributed by atoms with Gasteiger partial charge < -0.3 is 9.84 Å². The predicted molar refractivity (Wildman–Crippen MR) is 98.2 cm³/mol. The minimum Gasteiger partial charge on any atom is -0.344 e. The van der Waals surface area contributed by atoms with Gasteiger partial charge in [-0.3, -0.25) is 4.79 Å². The Morgan fingerprint density at radius 2 is 1.74 bits per heavy atom. The van der Waals surface area contributed by atoms with Gasteiger partial charge in [-0.2, -0.15) is 4.98 Å². The lowest BCUT2D eigenvalue weighted by Crippen LogP contribution is -2.23. The van der Waals surface area contributed by atoms with E-state index in [1.54, 1.807) is 12.1 Å². The lowest BCUT2D eigenvalue weighted by Gasteiger charge is -2.11. The van der Waals surface area contributed by atoms with Gasteiger partial charge in [0.25, 0.3) is 0 Å². The number of hydrogen-bond acceptors (Lipinski definition) is 6. The molecule has 0 radical (unpaired) electrons. The van der Waals surface area contributed by atoms with Gasteiger partial charge in [-0.1, -0.05) is 35.5 Å². The summed E-state index contributed by atoms with van der Waals surface area (Å²) in [5, 5.41) is 6.48. The summed E-state index contributed by atoms with van der Waals surface area (Å²) in [7, 11) is -0.591. The highest BCUT2D eigenvalue weighted by atomic mass is 32.2. The molecule has 0 aliphatic carbocycles. The first-order valence-corrected chi connectivity index (χ1v) is 9.51. The summed E-state index contributed by atoms with van der Waals surface area (Å²) in [6, 6.07) is 15.5. The average molecular weight is 386 g/mol. The van der Waals surface area contributed by atoms with Gasteiger partial charge in [0, 0.05) is 26.2 Å². The van der Waals surface area contributed by atoms with Gasteiger partial charge in [-0.05, 0) is 29.8 Å². The molecular formula is C18H18N4O4S. The van der Waals surface area contributed by atoms with Crippen LogP contribution in [0.25, 0.3) is 11.4 Å². The average Bonchev–Trinajstić information content (AvgIpc) is 3.17. The molecule has 2 aromatic carbocycles. The Kier molecular flexibility index (Phi) is 5.33. The van der Waals surface area contributed by atoms with E-state index in [1.165, 1.54) is 26.2 Å². The number of aromatic nitrogens is 2. The molecule has 0 saturated carbocycles. The monoisotopic (exact) mass is 386 g/mol. The molecular weight excluding hydrogens is 368 g/mol. The fourth-order valence-electron chi connectivity index (χ4n) is 2.27. The number of carbonyl (C=O) groups is 1. The van der Waals surface area contributed by atoms with E-state index in [-0.39, 0.29) is 16.6 Å². The Morgan fingerprint density at radius 3 is 2.37 bits per heavy atom. The van der Waals surface area contributed by atoms with Crippen molar-refractivity contribution < 1.29 is 17.7 Å². The molecule has 1 amide bonds. The molecule has 140 valence electrons. The van der Waals surface area contributed by atoms with Crippen LogP contribution in [-0.4, -0.2) is 42.9 Å². The van der Waals surface area contributed by atoms with Crippen molar-refractivity contribution in [2.75, 3.05) is 14.1 Å². The second-order valence-electron chi connectivity index (χ2n) is 5.90. The normalized spacial score (nSPS) is 11.5. The van der Waals surface area contributed by atoms with Crippen LogP contribution >= 0.6 is 0 Å². The zero-order chi connectivity index (χ0) is 19.4. The summed E-state index contributed by atoms with van der Waals surface area (Å²) in [4.78, 5) is 16.4. The first-order chi connectivity index (χ1) is 12.9. The summed E-state index contributed by atoms with van der Waals surface area (Å²) in [5.74, 6) is -0.441. The lowest BCUT2D eigenvalue weighted by molar-refractivity contribution is 0.0907. The number of rotatable bonds is 6. The largest absolute Gasteiger partial charge is 0.344 e. The minimum absolute atomic E-state index is 0.153. The standard InChI is InChI=1S/C18H18N4O4S/c1-22(2)27(24,25)15-10-8-14(9-11-15)16-20-18(26-21-16)17(23)19-12-13-6-4-3-5-7-13/h3-11H,12H2,1-2H3,(H,19,23). The van der Waals surface area contributed by atoms with E-state index < -0.39 is 15.9 Å². The summed E-state index contributed by atoms with van der Waals surface area (Å²) in [5.41, 5.74) is 1.49. The summed E-state index contributed by atoms with van der Waals surface area (Å²) < 4.78 is 30.3. The number of benzene rings is 2. The van der Waals surface area contributed by atoms with E-state index in [9.17, 15) is 13.2 Å². The van der Waals surface area contributed by atoms with Gasteiger partial charge in [-0.15, -0.1) is 0 Å². The molecule has 3 rings (SSSR count). The molecule has 9 heteroatoms.